The molecule has 15 heavy (non-hydrogen) atoms. The Hall–Kier alpha value is -1.06. The maximum Gasteiger partial charge on any atom is 0.309 e. The molecule has 0 amide bonds. The Morgan fingerprint density at radius 1 is 1.27 bits per heavy atom. The van der Waals surface area contributed by atoms with Crippen molar-refractivity contribution in [2.75, 3.05) is 14.2 Å². The van der Waals surface area contributed by atoms with Crippen molar-refractivity contribution in [3.63, 3.8) is 0 Å². The predicted octanol–water partition coefficient (Wildman–Crippen LogP) is 1.38. The maximum absolute atomic E-state index is 11.4. The fourth-order valence-corrected chi connectivity index (χ4v) is 2.19. The van der Waals surface area contributed by atoms with E-state index in [1.54, 1.807) is 0 Å². The highest BCUT2D eigenvalue weighted by atomic mass is 16.5. The lowest BCUT2D eigenvalue weighted by Crippen LogP contribution is -2.49. The zero-order chi connectivity index (χ0) is 11.6. The maximum atomic E-state index is 11.4. The quantitative estimate of drug-likeness (QED) is 0.666. The average molecular weight is 214 g/mol. The number of esters is 2. The molecule has 1 aliphatic carbocycles. The number of methoxy groups -OCH3 is 2. The molecule has 0 aromatic heterocycles. The van der Waals surface area contributed by atoms with Crippen molar-refractivity contribution in [1.29, 1.82) is 0 Å². The zero-order valence-electron chi connectivity index (χ0n) is 9.70. The number of rotatable bonds is 3. The van der Waals surface area contributed by atoms with E-state index in [-0.39, 0.29) is 29.2 Å². The molecular formula is C11H18O4. The van der Waals surface area contributed by atoms with Gasteiger partial charge < -0.3 is 9.47 Å². The van der Waals surface area contributed by atoms with Crippen molar-refractivity contribution in [3.05, 3.63) is 0 Å². The molecule has 0 saturated heterocycles. The highest BCUT2D eigenvalue weighted by Gasteiger charge is 2.52. The van der Waals surface area contributed by atoms with Crippen LogP contribution in [-0.2, 0) is 19.1 Å². The van der Waals surface area contributed by atoms with E-state index in [2.05, 4.69) is 4.74 Å². The van der Waals surface area contributed by atoms with E-state index in [1.807, 2.05) is 13.8 Å². The van der Waals surface area contributed by atoms with E-state index in [0.717, 1.165) is 6.42 Å². The van der Waals surface area contributed by atoms with E-state index in [4.69, 9.17) is 4.74 Å². The van der Waals surface area contributed by atoms with Gasteiger partial charge in [0.2, 0.25) is 0 Å². The molecule has 0 bridgehead atoms. The highest BCUT2D eigenvalue weighted by molar-refractivity contribution is 5.76. The monoisotopic (exact) mass is 214 g/mol. The van der Waals surface area contributed by atoms with Crippen molar-refractivity contribution in [1.82, 2.24) is 0 Å². The summed E-state index contributed by atoms with van der Waals surface area (Å²) in [7, 11) is 2.78. The topological polar surface area (TPSA) is 52.6 Å². The summed E-state index contributed by atoms with van der Waals surface area (Å²) in [6.45, 7) is 3.98. The van der Waals surface area contributed by atoms with Crippen molar-refractivity contribution >= 4 is 11.9 Å². The molecule has 86 valence electrons. The van der Waals surface area contributed by atoms with Gasteiger partial charge in [0.1, 0.15) is 0 Å². The second-order valence-electron chi connectivity index (χ2n) is 4.61. The van der Waals surface area contributed by atoms with E-state index in [0.29, 0.717) is 6.42 Å². The van der Waals surface area contributed by atoms with Gasteiger partial charge in [-0.15, -0.1) is 0 Å². The Morgan fingerprint density at radius 3 is 2.27 bits per heavy atom. The first-order valence-electron chi connectivity index (χ1n) is 5.08. The van der Waals surface area contributed by atoms with Gasteiger partial charge in [-0.1, -0.05) is 13.8 Å². The fraction of sp³-hybridized carbons (Fsp3) is 0.818. The fourth-order valence-electron chi connectivity index (χ4n) is 2.19. The third kappa shape index (κ3) is 2.13. The first kappa shape index (κ1) is 12.0. The zero-order valence-corrected chi connectivity index (χ0v) is 9.70. The Labute approximate surface area is 89.9 Å². The van der Waals surface area contributed by atoms with Crippen molar-refractivity contribution < 1.29 is 19.1 Å². The summed E-state index contributed by atoms with van der Waals surface area (Å²) in [6, 6.07) is 0. The van der Waals surface area contributed by atoms with Crippen LogP contribution in [0.5, 0.6) is 0 Å². The minimum Gasteiger partial charge on any atom is -0.469 e. The van der Waals surface area contributed by atoms with Gasteiger partial charge in [0, 0.05) is 6.42 Å². The van der Waals surface area contributed by atoms with Gasteiger partial charge in [0.25, 0.3) is 0 Å². The Kier molecular flexibility index (Phi) is 3.37. The molecule has 4 heteroatoms. The Balaban J connectivity index is 2.55. The van der Waals surface area contributed by atoms with Crippen LogP contribution in [0.3, 0.4) is 0 Å². The van der Waals surface area contributed by atoms with Crippen molar-refractivity contribution in [3.8, 4) is 0 Å². The van der Waals surface area contributed by atoms with Gasteiger partial charge in [-0.3, -0.25) is 9.59 Å². The first-order chi connectivity index (χ1) is 6.93. The van der Waals surface area contributed by atoms with Crippen LogP contribution in [0.4, 0.5) is 0 Å². The molecule has 2 atom stereocenters. The molecule has 1 rings (SSSR count). The van der Waals surface area contributed by atoms with Crippen LogP contribution in [0.15, 0.2) is 0 Å². The molecule has 0 heterocycles. The number of hydrogen-bond donors (Lipinski definition) is 0. The van der Waals surface area contributed by atoms with Crippen LogP contribution < -0.4 is 0 Å². The minimum absolute atomic E-state index is 0.0860. The number of hydrogen-bond acceptors (Lipinski definition) is 4. The molecule has 0 aromatic rings. The molecule has 0 radical (unpaired) electrons. The lowest BCUT2D eigenvalue weighted by atomic mass is 9.54. The molecule has 1 aliphatic rings. The normalized spacial score (nSPS) is 27.7. The van der Waals surface area contributed by atoms with E-state index in [9.17, 15) is 9.59 Å². The number of ether oxygens (including phenoxy) is 2. The van der Waals surface area contributed by atoms with E-state index >= 15 is 0 Å². The summed E-state index contributed by atoms with van der Waals surface area (Å²) >= 11 is 0. The summed E-state index contributed by atoms with van der Waals surface area (Å²) < 4.78 is 9.33. The molecule has 4 nitrogen and oxygen atoms in total. The third-order valence-corrected chi connectivity index (χ3v) is 3.60. The third-order valence-electron chi connectivity index (χ3n) is 3.60. The summed E-state index contributed by atoms with van der Waals surface area (Å²) in [6.07, 6.45) is 1.10. The Bertz CT molecular complexity index is 270. The van der Waals surface area contributed by atoms with Gasteiger partial charge in [-0.25, -0.2) is 0 Å². The molecular weight excluding hydrogens is 196 g/mol. The highest BCUT2D eigenvalue weighted by Crippen LogP contribution is 2.53. The lowest BCUT2D eigenvalue weighted by Gasteiger charge is -2.50. The van der Waals surface area contributed by atoms with Crippen LogP contribution in [0.25, 0.3) is 0 Å². The van der Waals surface area contributed by atoms with E-state index in [1.165, 1.54) is 14.2 Å². The molecule has 1 saturated carbocycles. The Morgan fingerprint density at radius 2 is 1.87 bits per heavy atom. The largest absolute Gasteiger partial charge is 0.469 e. The smallest absolute Gasteiger partial charge is 0.309 e. The summed E-state index contributed by atoms with van der Waals surface area (Å²) in [5.41, 5.74) is -0.165. The SMILES string of the molecule is COC(=O)C[C@@H]1C[C@H](C(=O)OC)C1(C)C. The second kappa shape index (κ2) is 4.21. The van der Waals surface area contributed by atoms with Crippen molar-refractivity contribution in [2.45, 2.75) is 26.7 Å². The van der Waals surface area contributed by atoms with Crippen LogP contribution in [0.2, 0.25) is 0 Å². The molecule has 0 spiro atoms. The summed E-state index contributed by atoms with van der Waals surface area (Å²) in [4.78, 5) is 22.5. The number of carbonyl (C=O) groups is 2. The van der Waals surface area contributed by atoms with Crippen LogP contribution in [0, 0.1) is 17.3 Å². The van der Waals surface area contributed by atoms with Gasteiger partial charge in [0.15, 0.2) is 0 Å². The molecule has 0 aliphatic heterocycles. The first-order valence-corrected chi connectivity index (χ1v) is 5.08. The van der Waals surface area contributed by atoms with Gasteiger partial charge in [-0.05, 0) is 17.8 Å². The van der Waals surface area contributed by atoms with Crippen LogP contribution in [-0.4, -0.2) is 26.2 Å². The predicted molar refractivity (Wildman–Crippen MR) is 54.0 cm³/mol. The number of carbonyl (C=O) groups excluding carboxylic acids is 2. The second-order valence-corrected chi connectivity index (χ2v) is 4.61. The summed E-state index contributed by atoms with van der Waals surface area (Å²) in [5, 5.41) is 0. The molecule has 0 N–H and O–H groups in total. The van der Waals surface area contributed by atoms with Crippen LogP contribution >= 0.6 is 0 Å². The van der Waals surface area contributed by atoms with E-state index < -0.39 is 0 Å². The van der Waals surface area contributed by atoms with Gasteiger partial charge in [-0.2, -0.15) is 0 Å². The molecule has 0 aromatic carbocycles. The average Bonchev–Trinajstić information content (AvgIpc) is 2.22. The van der Waals surface area contributed by atoms with Gasteiger partial charge >= 0.3 is 11.9 Å². The standard InChI is InChI=1S/C11H18O4/c1-11(2)7(6-9(12)14-3)5-8(11)10(13)15-4/h7-8H,5-6H2,1-4H3/t7-,8+/m0/s1. The molecule has 1 fully saturated rings. The molecule has 0 unspecified atom stereocenters. The van der Waals surface area contributed by atoms with Crippen molar-refractivity contribution in [2.24, 2.45) is 17.3 Å². The van der Waals surface area contributed by atoms with Crippen LogP contribution in [0.1, 0.15) is 26.7 Å². The lowest BCUT2D eigenvalue weighted by molar-refractivity contribution is -0.167. The van der Waals surface area contributed by atoms with Gasteiger partial charge in [0.05, 0.1) is 20.1 Å². The minimum atomic E-state index is -0.212. The summed E-state index contributed by atoms with van der Waals surface area (Å²) in [5.74, 6) is -0.260.